The average Bonchev–Trinajstić information content (AvgIpc) is 3.21. The van der Waals surface area contributed by atoms with E-state index in [-0.39, 0.29) is 17.7 Å². The van der Waals surface area contributed by atoms with E-state index in [0.717, 1.165) is 23.0 Å². The Morgan fingerprint density at radius 3 is 2.45 bits per heavy atom. The number of aromatic nitrogens is 2. The summed E-state index contributed by atoms with van der Waals surface area (Å²) < 4.78 is 0.794. The molecule has 0 bridgehead atoms. The van der Waals surface area contributed by atoms with Crippen LogP contribution in [0.2, 0.25) is 0 Å². The van der Waals surface area contributed by atoms with Crippen LogP contribution >= 0.6 is 15.9 Å². The third kappa shape index (κ3) is 2.46. The summed E-state index contributed by atoms with van der Waals surface area (Å²) in [7, 11) is 0. The van der Waals surface area contributed by atoms with Crippen LogP contribution in [0.1, 0.15) is 47.8 Å². The number of likely N-dealkylation sites (tertiary alicyclic amines) is 1. The number of amides is 2. The maximum absolute atomic E-state index is 12.5. The molecule has 3 rings (SSSR count). The lowest BCUT2D eigenvalue weighted by Crippen LogP contribution is -2.42. The number of nitrogens with one attached hydrogen (secondary N) is 1. The number of hydrogen-bond donors (Lipinski definition) is 2. The summed E-state index contributed by atoms with van der Waals surface area (Å²) >= 11 is 3.48. The predicted octanol–water partition coefficient (Wildman–Crippen LogP) is 1.39. The smallest absolute Gasteiger partial charge is 0.275 e. The molecule has 2 fully saturated rings. The molecule has 108 valence electrons. The molecule has 2 heterocycles. The summed E-state index contributed by atoms with van der Waals surface area (Å²) in [5.41, 5.74) is 6.78. The van der Waals surface area contributed by atoms with Crippen LogP contribution < -0.4 is 5.73 Å². The van der Waals surface area contributed by atoms with Crippen LogP contribution in [0.5, 0.6) is 0 Å². The van der Waals surface area contributed by atoms with Crippen molar-refractivity contribution >= 4 is 27.7 Å². The van der Waals surface area contributed by atoms with Gasteiger partial charge in [-0.15, -0.1) is 0 Å². The molecule has 1 aliphatic heterocycles. The van der Waals surface area contributed by atoms with Gasteiger partial charge in [-0.1, -0.05) is 0 Å². The second-order valence-corrected chi connectivity index (χ2v) is 6.34. The molecule has 2 aliphatic rings. The summed E-state index contributed by atoms with van der Waals surface area (Å²) in [4.78, 5) is 25.3. The van der Waals surface area contributed by atoms with Crippen LogP contribution in [-0.2, 0) is 4.79 Å². The first kappa shape index (κ1) is 13.6. The van der Waals surface area contributed by atoms with Crippen molar-refractivity contribution in [1.82, 2.24) is 15.1 Å². The highest BCUT2D eigenvalue weighted by Gasteiger charge is 2.33. The largest absolute Gasteiger partial charge is 0.369 e. The Morgan fingerprint density at radius 1 is 1.25 bits per heavy atom. The highest BCUT2D eigenvalue weighted by molar-refractivity contribution is 9.10. The van der Waals surface area contributed by atoms with Crippen molar-refractivity contribution in [1.29, 1.82) is 0 Å². The number of aromatic amines is 1. The predicted molar refractivity (Wildman–Crippen MR) is 76.1 cm³/mol. The Balaban J connectivity index is 1.69. The highest BCUT2D eigenvalue weighted by Crippen LogP contribution is 2.43. The maximum Gasteiger partial charge on any atom is 0.275 e. The zero-order chi connectivity index (χ0) is 14.3. The molecule has 1 aliphatic carbocycles. The van der Waals surface area contributed by atoms with Gasteiger partial charge < -0.3 is 10.6 Å². The van der Waals surface area contributed by atoms with Crippen LogP contribution in [0, 0.1) is 5.92 Å². The SMILES string of the molecule is NC(=O)C1CCN(C(=O)c2n[nH]c(C3CC3)c2Br)CC1. The lowest BCUT2D eigenvalue weighted by molar-refractivity contribution is -0.123. The van der Waals surface area contributed by atoms with Crippen molar-refractivity contribution in [3.8, 4) is 0 Å². The van der Waals surface area contributed by atoms with E-state index in [0.29, 0.717) is 37.5 Å². The average molecular weight is 341 g/mol. The van der Waals surface area contributed by atoms with Crippen LogP contribution in [-0.4, -0.2) is 40.0 Å². The van der Waals surface area contributed by atoms with Gasteiger partial charge in [0.2, 0.25) is 5.91 Å². The Kier molecular flexibility index (Phi) is 3.54. The maximum atomic E-state index is 12.5. The van der Waals surface area contributed by atoms with E-state index >= 15 is 0 Å². The fourth-order valence-corrected chi connectivity index (χ4v) is 3.31. The number of carbonyl (C=O) groups excluding carboxylic acids is 2. The van der Waals surface area contributed by atoms with Gasteiger partial charge in [-0.2, -0.15) is 5.10 Å². The van der Waals surface area contributed by atoms with Gasteiger partial charge in [-0.05, 0) is 41.6 Å². The van der Waals surface area contributed by atoms with E-state index in [2.05, 4.69) is 26.1 Å². The van der Waals surface area contributed by atoms with Gasteiger partial charge in [0, 0.05) is 24.9 Å². The first-order chi connectivity index (χ1) is 9.58. The van der Waals surface area contributed by atoms with Crippen molar-refractivity contribution in [2.24, 2.45) is 11.7 Å². The van der Waals surface area contributed by atoms with Crippen LogP contribution in [0.3, 0.4) is 0 Å². The molecule has 6 nitrogen and oxygen atoms in total. The molecule has 7 heteroatoms. The fourth-order valence-electron chi connectivity index (χ4n) is 2.64. The second kappa shape index (κ2) is 5.20. The van der Waals surface area contributed by atoms with Gasteiger partial charge in [0.05, 0.1) is 10.2 Å². The molecule has 0 unspecified atom stereocenters. The third-order valence-corrected chi connectivity index (χ3v) is 4.91. The Hall–Kier alpha value is -1.37. The molecule has 0 spiro atoms. The minimum atomic E-state index is -0.269. The minimum Gasteiger partial charge on any atom is -0.369 e. The Bertz CT molecular complexity index is 545. The first-order valence-electron chi connectivity index (χ1n) is 6.90. The van der Waals surface area contributed by atoms with Crippen LogP contribution in [0.15, 0.2) is 4.47 Å². The fraction of sp³-hybridized carbons (Fsp3) is 0.615. The Labute approximate surface area is 125 Å². The van der Waals surface area contributed by atoms with E-state index in [4.69, 9.17) is 5.73 Å². The summed E-state index contributed by atoms with van der Waals surface area (Å²) in [5.74, 6) is 0.0553. The number of nitrogens with zero attached hydrogens (tertiary/aromatic N) is 2. The number of rotatable bonds is 3. The zero-order valence-electron chi connectivity index (χ0n) is 11.1. The molecule has 1 saturated heterocycles. The van der Waals surface area contributed by atoms with Gasteiger partial charge in [0.25, 0.3) is 5.91 Å². The van der Waals surface area contributed by atoms with Crippen molar-refractivity contribution in [2.75, 3.05) is 13.1 Å². The number of H-pyrrole nitrogens is 1. The quantitative estimate of drug-likeness (QED) is 0.870. The summed E-state index contributed by atoms with van der Waals surface area (Å²) in [6.07, 6.45) is 3.58. The molecule has 1 aromatic heterocycles. The van der Waals surface area contributed by atoms with E-state index in [1.807, 2.05) is 0 Å². The van der Waals surface area contributed by atoms with Gasteiger partial charge in [0.1, 0.15) is 0 Å². The van der Waals surface area contributed by atoms with Crippen LogP contribution in [0.25, 0.3) is 0 Å². The first-order valence-corrected chi connectivity index (χ1v) is 7.69. The van der Waals surface area contributed by atoms with Crippen molar-refractivity contribution in [3.05, 3.63) is 15.9 Å². The minimum absolute atomic E-state index is 0.0806. The highest BCUT2D eigenvalue weighted by atomic mass is 79.9. The van der Waals surface area contributed by atoms with Crippen molar-refractivity contribution in [2.45, 2.75) is 31.6 Å². The number of carbonyl (C=O) groups is 2. The monoisotopic (exact) mass is 340 g/mol. The molecular weight excluding hydrogens is 324 g/mol. The molecule has 1 saturated carbocycles. The summed E-state index contributed by atoms with van der Waals surface area (Å²) in [6, 6.07) is 0. The molecule has 0 aromatic carbocycles. The molecule has 0 atom stereocenters. The molecule has 0 radical (unpaired) electrons. The molecular formula is C13H17BrN4O2. The van der Waals surface area contributed by atoms with E-state index in [1.165, 1.54) is 0 Å². The number of primary amides is 1. The topological polar surface area (TPSA) is 92.1 Å². The van der Waals surface area contributed by atoms with E-state index in [9.17, 15) is 9.59 Å². The van der Waals surface area contributed by atoms with Crippen molar-refractivity contribution < 1.29 is 9.59 Å². The molecule has 20 heavy (non-hydrogen) atoms. The number of piperidine rings is 1. The lowest BCUT2D eigenvalue weighted by Gasteiger charge is -2.30. The van der Waals surface area contributed by atoms with E-state index in [1.54, 1.807) is 4.90 Å². The number of hydrogen-bond acceptors (Lipinski definition) is 3. The summed E-state index contributed by atoms with van der Waals surface area (Å²) in [5, 5.41) is 7.12. The molecule has 3 N–H and O–H groups in total. The normalized spacial score (nSPS) is 20.1. The summed E-state index contributed by atoms with van der Waals surface area (Å²) in [6.45, 7) is 1.12. The lowest BCUT2D eigenvalue weighted by atomic mass is 9.96. The zero-order valence-corrected chi connectivity index (χ0v) is 12.6. The van der Waals surface area contributed by atoms with E-state index < -0.39 is 0 Å². The molecule has 2 amide bonds. The van der Waals surface area contributed by atoms with Gasteiger partial charge in [-0.25, -0.2) is 0 Å². The van der Waals surface area contributed by atoms with Gasteiger partial charge in [0.15, 0.2) is 5.69 Å². The standard InChI is InChI=1S/C13H17BrN4O2/c14-9-10(7-1-2-7)16-17-11(9)13(20)18-5-3-8(4-6-18)12(15)19/h7-8H,1-6H2,(H2,15,19)(H,16,17). The van der Waals surface area contributed by atoms with Crippen LogP contribution in [0.4, 0.5) is 0 Å². The third-order valence-electron chi connectivity index (χ3n) is 4.11. The number of nitrogens with two attached hydrogens (primary N) is 1. The number of halogens is 1. The van der Waals surface area contributed by atoms with Crippen molar-refractivity contribution in [3.63, 3.8) is 0 Å². The Morgan fingerprint density at radius 2 is 1.90 bits per heavy atom. The molecule has 1 aromatic rings. The van der Waals surface area contributed by atoms with Gasteiger partial charge in [-0.3, -0.25) is 14.7 Å². The van der Waals surface area contributed by atoms with Gasteiger partial charge >= 0.3 is 0 Å². The second-order valence-electron chi connectivity index (χ2n) is 5.54.